The molecule has 0 saturated heterocycles. The maximum absolute atomic E-state index is 5.88. The Morgan fingerprint density at radius 2 is 0.971 bits per heavy atom. The number of unbranched alkanes of at least 4 members (excludes halogenated alkanes) is 16. The van der Waals surface area contributed by atoms with Crippen molar-refractivity contribution in [2.75, 3.05) is 5.73 Å². The average molecular weight is 464 g/mol. The normalized spacial score (nSPS) is 11.2. The molecule has 190 valence electrons. The molecule has 0 bridgehead atoms. The van der Waals surface area contributed by atoms with Gasteiger partial charge in [0.25, 0.3) is 0 Å². The second-order valence-corrected chi connectivity index (χ2v) is 10.6. The van der Waals surface area contributed by atoms with Crippen molar-refractivity contribution in [2.45, 2.75) is 136 Å². The number of anilines is 1. The Morgan fingerprint density at radius 1 is 0.529 bits per heavy atom. The van der Waals surface area contributed by atoms with Gasteiger partial charge in [0.05, 0.1) is 0 Å². The Hall–Kier alpha value is -1.76. The van der Waals surface area contributed by atoms with Crippen molar-refractivity contribution in [3.63, 3.8) is 0 Å². The summed E-state index contributed by atoms with van der Waals surface area (Å²) in [4.78, 5) is 0. The Morgan fingerprint density at radius 3 is 1.44 bits per heavy atom. The zero-order valence-electron chi connectivity index (χ0n) is 22.6. The van der Waals surface area contributed by atoms with Crippen LogP contribution in [0, 0.1) is 6.92 Å². The van der Waals surface area contributed by atoms with Gasteiger partial charge in [0.1, 0.15) is 0 Å². The molecule has 0 heterocycles. The summed E-state index contributed by atoms with van der Waals surface area (Å²) >= 11 is 0. The van der Waals surface area contributed by atoms with Crippen LogP contribution in [-0.4, -0.2) is 0 Å². The van der Waals surface area contributed by atoms with Crippen LogP contribution in [0.25, 0.3) is 0 Å². The minimum atomic E-state index is 0.852. The minimum absolute atomic E-state index is 0.852. The zero-order valence-corrected chi connectivity index (χ0v) is 22.6. The maximum atomic E-state index is 5.88. The molecule has 0 amide bonds. The number of nitrogen functional groups attached to an aromatic ring is 1. The van der Waals surface area contributed by atoms with Gasteiger partial charge in [0, 0.05) is 5.69 Å². The van der Waals surface area contributed by atoms with E-state index in [1.54, 1.807) is 0 Å². The third-order valence-corrected chi connectivity index (χ3v) is 7.35. The highest BCUT2D eigenvalue weighted by Crippen LogP contribution is 2.18. The molecule has 1 nitrogen and oxygen atoms in total. The molecule has 0 aromatic heterocycles. The Balaban J connectivity index is 1.40. The highest BCUT2D eigenvalue weighted by Gasteiger charge is 2.02. The molecule has 0 fully saturated rings. The molecule has 0 aliphatic carbocycles. The van der Waals surface area contributed by atoms with E-state index >= 15 is 0 Å². The molecular formula is C33H53N. The van der Waals surface area contributed by atoms with Crippen molar-refractivity contribution in [3.05, 3.63) is 64.7 Å². The number of hydrogen-bond acceptors (Lipinski definition) is 1. The molecule has 34 heavy (non-hydrogen) atoms. The standard InChI is InChI=1S/C33H53N/c1-3-4-5-6-7-8-9-10-11-12-13-14-15-16-17-18-19-20-30-21-23-31(24-22-30)28-32-25-26-33(34)27-29(32)2/h21-27H,3-20,28,34H2,1-2H3. The van der Waals surface area contributed by atoms with Crippen molar-refractivity contribution in [1.82, 2.24) is 0 Å². The molecule has 2 rings (SSSR count). The van der Waals surface area contributed by atoms with Crippen LogP contribution in [0.2, 0.25) is 0 Å². The lowest BCUT2D eigenvalue weighted by Gasteiger charge is -2.08. The second kappa shape index (κ2) is 18.6. The molecular weight excluding hydrogens is 410 g/mol. The summed E-state index contributed by atoms with van der Waals surface area (Å²) < 4.78 is 0. The third-order valence-electron chi connectivity index (χ3n) is 7.35. The van der Waals surface area contributed by atoms with Gasteiger partial charge in [-0.25, -0.2) is 0 Å². The quantitative estimate of drug-likeness (QED) is 0.153. The second-order valence-electron chi connectivity index (χ2n) is 10.6. The van der Waals surface area contributed by atoms with Crippen molar-refractivity contribution < 1.29 is 0 Å². The number of hydrogen-bond donors (Lipinski definition) is 1. The summed E-state index contributed by atoms with van der Waals surface area (Å²) in [5, 5.41) is 0. The molecule has 0 spiro atoms. The Bertz CT molecular complexity index is 746. The van der Waals surface area contributed by atoms with Crippen molar-refractivity contribution in [2.24, 2.45) is 0 Å². The van der Waals surface area contributed by atoms with Gasteiger partial charge in [-0.05, 0) is 60.6 Å². The predicted octanol–water partition coefficient (Wildman–Crippen LogP) is 10.4. The number of aryl methyl sites for hydroxylation is 2. The van der Waals surface area contributed by atoms with Gasteiger partial charge in [0.15, 0.2) is 0 Å². The average Bonchev–Trinajstić information content (AvgIpc) is 2.84. The van der Waals surface area contributed by atoms with E-state index in [-0.39, 0.29) is 0 Å². The van der Waals surface area contributed by atoms with Crippen molar-refractivity contribution >= 4 is 5.69 Å². The van der Waals surface area contributed by atoms with Crippen LogP contribution in [0.3, 0.4) is 0 Å². The van der Waals surface area contributed by atoms with Gasteiger partial charge in [-0.15, -0.1) is 0 Å². The van der Waals surface area contributed by atoms with Crippen LogP contribution < -0.4 is 5.73 Å². The molecule has 0 aliphatic heterocycles. The molecule has 0 saturated carbocycles. The van der Waals surface area contributed by atoms with Crippen LogP contribution in [0.5, 0.6) is 0 Å². The molecule has 0 unspecified atom stereocenters. The number of nitrogens with two attached hydrogens (primary N) is 1. The van der Waals surface area contributed by atoms with Gasteiger partial charge in [0.2, 0.25) is 0 Å². The lowest BCUT2D eigenvalue weighted by molar-refractivity contribution is 0.527. The van der Waals surface area contributed by atoms with Crippen molar-refractivity contribution in [1.29, 1.82) is 0 Å². The lowest BCUT2D eigenvalue weighted by Crippen LogP contribution is -1.95. The first kappa shape index (κ1) is 28.5. The first-order valence-electron chi connectivity index (χ1n) is 14.6. The number of rotatable bonds is 20. The highest BCUT2D eigenvalue weighted by molar-refractivity contribution is 5.45. The van der Waals surface area contributed by atoms with E-state index < -0.39 is 0 Å². The predicted molar refractivity (Wildman–Crippen MR) is 153 cm³/mol. The fourth-order valence-electron chi connectivity index (χ4n) is 5.02. The highest BCUT2D eigenvalue weighted by atomic mass is 14.5. The molecule has 0 aliphatic rings. The van der Waals surface area contributed by atoms with E-state index in [1.807, 2.05) is 6.07 Å². The molecule has 0 radical (unpaired) electrons. The lowest BCUT2D eigenvalue weighted by atomic mass is 9.98. The van der Waals surface area contributed by atoms with Crippen molar-refractivity contribution in [3.8, 4) is 0 Å². The van der Waals surface area contributed by atoms with Gasteiger partial charge in [-0.1, -0.05) is 140 Å². The number of benzene rings is 2. The summed E-state index contributed by atoms with van der Waals surface area (Å²) in [5.41, 5.74) is 12.3. The van der Waals surface area contributed by atoms with Crippen LogP contribution in [0.4, 0.5) is 5.69 Å². The van der Waals surface area contributed by atoms with Crippen LogP contribution >= 0.6 is 0 Å². The van der Waals surface area contributed by atoms with E-state index in [0.29, 0.717) is 0 Å². The van der Waals surface area contributed by atoms with Gasteiger partial charge in [-0.3, -0.25) is 0 Å². The summed E-state index contributed by atoms with van der Waals surface area (Å²) in [5.74, 6) is 0. The zero-order chi connectivity index (χ0) is 24.3. The smallest absolute Gasteiger partial charge is 0.0316 e. The minimum Gasteiger partial charge on any atom is -0.399 e. The van der Waals surface area contributed by atoms with E-state index in [1.165, 1.54) is 138 Å². The monoisotopic (exact) mass is 463 g/mol. The van der Waals surface area contributed by atoms with Gasteiger partial charge < -0.3 is 5.73 Å². The first-order chi connectivity index (χ1) is 16.7. The fourth-order valence-corrected chi connectivity index (χ4v) is 5.02. The third kappa shape index (κ3) is 13.2. The Labute approximate surface area is 211 Å². The van der Waals surface area contributed by atoms with Gasteiger partial charge >= 0.3 is 0 Å². The maximum Gasteiger partial charge on any atom is 0.0316 e. The molecule has 1 heteroatoms. The Kier molecular flexibility index (Phi) is 15.5. The molecule has 2 aromatic carbocycles. The molecule has 2 aromatic rings. The summed E-state index contributed by atoms with van der Waals surface area (Å²) in [6.45, 7) is 4.45. The van der Waals surface area contributed by atoms with Crippen LogP contribution in [0.1, 0.15) is 138 Å². The van der Waals surface area contributed by atoms with Crippen LogP contribution in [-0.2, 0) is 12.8 Å². The molecule has 0 atom stereocenters. The summed E-state index contributed by atoms with van der Waals surface area (Å²) in [7, 11) is 0. The topological polar surface area (TPSA) is 26.0 Å². The summed E-state index contributed by atoms with van der Waals surface area (Å²) in [6.07, 6.45) is 26.6. The summed E-state index contributed by atoms with van der Waals surface area (Å²) in [6, 6.07) is 15.5. The van der Waals surface area contributed by atoms with E-state index in [0.717, 1.165) is 12.1 Å². The van der Waals surface area contributed by atoms with Gasteiger partial charge in [-0.2, -0.15) is 0 Å². The molecule has 2 N–H and O–H groups in total. The largest absolute Gasteiger partial charge is 0.399 e. The van der Waals surface area contributed by atoms with E-state index in [2.05, 4.69) is 50.2 Å². The SMILES string of the molecule is CCCCCCCCCCCCCCCCCCCc1ccc(Cc2ccc(N)cc2C)cc1. The first-order valence-corrected chi connectivity index (χ1v) is 14.6. The van der Waals surface area contributed by atoms with E-state index in [4.69, 9.17) is 5.73 Å². The fraction of sp³-hybridized carbons (Fsp3) is 0.636. The van der Waals surface area contributed by atoms with E-state index in [9.17, 15) is 0 Å². The van der Waals surface area contributed by atoms with Crippen LogP contribution in [0.15, 0.2) is 42.5 Å².